The van der Waals surface area contributed by atoms with Crippen LogP contribution in [-0.2, 0) is 14.8 Å². The third-order valence-corrected chi connectivity index (χ3v) is 4.31. The summed E-state index contributed by atoms with van der Waals surface area (Å²) in [5, 5.41) is 0.232. The van der Waals surface area contributed by atoms with Gasteiger partial charge in [-0.2, -0.15) is 0 Å². The minimum absolute atomic E-state index is 0.101. The van der Waals surface area contributed by atoms with E-state index in [9.17, 15) is 8.42 Å². The van der Waals surface area contributed by atoms with Gasteiger partial charge in [-0.25, -0.2) is 13.1 Å². The topological polar surface area (TPSA) is 55.4 Å². The smallest absolute Gasteiger partial charge is 0.242 e. The highest BCUT2D eigenvalue weighted by molar-refractivity contribution is 7.89. The molecule has 1 rings (SSSR count). The average Bonchev–Trinajstić information content (AvgIpc) is 2.27. The van der Waals surface area contributed by atoms with Crippen molar-refractivity contribution >= 4 is 21.6 Å². The molecule has 0 heterocycles. The zero-order chi connectivity index (χ0) is 14.5. The summed E-state index contributed by atoms with van der Waals surface area (Å²) in [6, 6.07) is 4.86. The molecule has 0 saturated carbocycles. The zero-order valence-electron chi connectivity index (χ0n) is 11.4. The van der Waals surface area contributed by atoms with Gasteiger partial charge in [0.05, 0.1) is 11.6 Å². The Morgan fingerprint density at radius 1 is 1.37 bits per heavy atom. The predicted molar refractivity (Wildman–Crippen MR) is 77.0 cm³/mol. The normalized spacial score (nSPS) is 12.1. The molecule has 0 radical (unpaired) electrons. The molecule has 0 amide bonds. The van der Waals surface area contributed by atoms with Crippen molar-refractivity contribution in [3.63, 3.8) is 0 Å². The Morgan fingerprint density at radius 3 is 2.63 bits per heavy atom. The van der Waals surface area contributed by atoms with Gasteiger partial charge < -0.3 is 4.74 Å². The van der Waals surface area contributed by atoms with Crippen LogP contribution in [0.15, 0.2) is 23.1 Å². The molecule has 0 aliphatic heterocycles. The van der Waals surface area contributed by atoms with Gasteiger partial charge in [-0.1, -0.05) is 31.5 Å². The van der Waals surface area contributed by atoms with Crippen LogP contribution in [0.5, 0.6) is 0 Å². The first-order valence-electron chi connectivity index (χ1n) is 6.16. The Morgan fingerprint density at radius 2 is 2.05 bits per heavy atom. The van der Waals surface area contributed by atoms with Crippen LogP contribution in [0.25, 0.3) is 0 Å². The summed E-state index contributed by atoms with van der Waals surface area (Å²) in [6.45, 7) is 7.13. The Hall–Kier alpha value is -0.620. The van der Waals surface area contributed by atoms with Crippen LogP contribution in [0.3, 0.4) is 0 Å². The summed E-state index contributed by atoms with van der Waals surface area (Å²) >= 11 is 5.95. The fourth-order valence-electron chi connectivity index (χ4n) is 1.47. The van der Waals surface area contributed by atoms with Crippen LogP contribution in [0.4, 0.5) is 0 Å². The number of benzene rings is 1. The standard InChI is InChI=1S/C13H20ClNO3S/c1-10(2)9-18-7-6-15-19(16,17)13-5-4-11(3)8-12(13)14/h4-5,8,10,15H,6-7,9H2,1-3H3. The second-order valence-electron chi connectivity index (χ2n) is 4.80. The number of rotatable bonds is 7. The van der Waals surface area contributed by atoms with Gasteiger partial charge in [0.15, 0.2) is 0 Å². The highest BCUT2D eigenvalue weighted by Crippen LogP contribution is 2.21. The van der Waals surface area contributed by atoms with Gasteiger partial charge >= 0.3 is 0 Å². The molecule has 0 saturated heterocycles. The lowest BCUT2D eigenvalue weighted by molar-refractivity contribution is 0.114. The molecule has 0 spiro atoms. The molecule has 1 N–H and O–H groups in total. The summed E-state index contributed by atoms with van der Waals surface area (Å²) < 4.78 is 31.8. The van der Waals surface area contributed by atoms with E-state index in [1.807, 2.05) is 20.8 Å². The number of nitrogens with one attached hydrogen (secondary N) is 1. The van der Waals surface area contributed by atoms with Gasteiger partial charge in [0.25, 0.3) is 0 Å². The van der Waals surface area contributed by atoms with Crippen molar-refractivity contribution in [2.45, 2.75) is 25.7 Å². The van der Waals surface area contributed by atoms with E-state index in [4.69, 9.17) is 16.3 Å². The van der Waals surface area contributed by atoms with E-state index >= 15 is 0 Å². The fraction of sp³-hybridized carbons (Fsp3) is 0.538. The molecule has 4 nitrogen and oxygen atoms in total. The summed E-state index contributed by atoms with van der Waals surface area (Å²) in [5.74, 6) is 0.433. The van der Waals surface area contributed by atoms with Crippen LogP contribution in [-0.4, -0.2) is 28.2 Å². The first-order chi connectivity index (χ1) is 8.83. The largest absolute Gasteiger partial charge is 0.380 e. The van der Waals surface area contributed by atoms with Gasteiger partial charge in [-0.05, 0) is 30.5 Å². The van der Waals surface area contributed by atoms with Crippen molar-refractivity contribution < 1.29 is 13.2 Å². The number of hydrogen-bond acceptors (Lipinski definition) is 3. The van der Waals surface area contributed by atoms with Crippen LogP contribution >= 0.6 is 11.6 Å². The van der Waals surface area contributed by atoms with Crippen LogP contribution < -0.4 is 4.72 Å². The van der Waals surface area contributed by atoms with Crippen molar-refractivity contribution in [1.29, 1.82) is 0 Å². The lowest BCUT2D eigenvalue weighted by Gasteiger charge is -2.10. The summed E-state index contributed by atoms with van der Waals surface area (Å²) in [6.07, 6.45) is 0. The van der Waals surface area contributed by atoms with E-state index in [-0.39, 0.29) is 16.5 Å². The van der Waals surface area contributed by atoms with Crippen LogP contribution in [0.2, 0.25) is 5.02 Å². The number of hydrogen-bond donors (Lipinski definition) is 1. The number of ether oxygens (including phenoxy) is 1. The summed E-state index contributed by atoms with van der Waals surface area (Å²) in [4.78, 5) is 0.101. The second kappa shape index (κ2) is 7.24. The van der Waals surface area contributed by atoms with Crippen molar-refractivity contribution in [3.8, 4) is 0 Å². The number of sulfonamides is 1. The first kappa shape index (κ1) is 16.4. The molecule has 0 aromatic heterocycles. The number of halogens is 1. The molecule has 0 aliphatic rings. The molecule has 1 aromatic carbocycles. The van der Waals surface area contributed by atoms with Gasteiger partial charge in [-0.15, -0.1) is 0 Å². The minimum atomic E-state index is -3.57. The Labute approximate surface area is 120 Å². The lowest BCUT2D eigenvalue weighted by Crippen LogP contribution is -2.28. The van der Waals surface area contributed by atoms with E-state index in [2.05, 4.69) is 4.72 Å². The maximum atomic E-state index is 12.0. The van der Waals surface area contributed by atoms with Gasteiger partial charge in [-0.3, -0.25) is 0 Å². The molecule has 1 aromatic rings. The van der Waals surface area contributed by atoms with Gasteiger partial charge in [0.2, 0.25) is 10.0 Å². The average molecular weight is 306 g/mol. The van der Waals surface area contributed by atoms with E-state index in [0.29, 0.717) is 19.1 Å². The monoisotopic (exact) mass is 305 g/mol. The Balaban J connectivity index is 2.56. The molecule has 6 heteroatoms. The maximum Gasteiger partial charge on any atom is 0.242 e. The molecule has 0 aliphatic carbocycles. The van der Waals surface area contributed by atoms with Crippen LogP contribution in [0.1, 0.15) is 19.4 Å². The highest BCUT2D eigenvalue weighted by Gasteiger charge is 2.17. The lowest BCUT2D eigenvalue weighted by atomic mass is 10.2. The second-order valence-corrected chi connectivity index (χ2v) is 6.94. The van der Waals surface area contributed by atoms with E-state index in [0.717, 1.165) is 5.56 Å². The van der Waals surface area contributed by atoms with Crippen molar-refractivity contribution in [1.82, 2.24) is 4.72 Å². The molecule has 0 unspecified atom stereocenters. The van der Waals surface area contributed by atoms with E-state index < -0.39 is 10.0 Å². The molecular formula is C13H20ClNO3S. The van der Waals surface area contributed by atoms with Gasteiger partial charge in [0.1, 0.15) is 4.90 Å². The van der Waals surface area contributed by atoms with Crippen molar-refractivity contribution in [2.75, 3.05) is 19.8 Å². The van der Waals surface area contributed by atoms with Crippen molar-refractivity contribution in [3.05, 3.63) is 28.8 Å². The molecule has 0 atom stereocenters. The maximum absolute atomic E-state index is 12.0. The summed E-state index contributed by atoms with van der Waals surface area (Å²) in [7, 11) is -3.57. The van der Waals surface area contributed by atoms with Crippen molar-refractivity contribution in [2.24, 2.45) is 5.92 Å². The number of aryl methyl sites for hydroxylation is 1. The van der Waals surface area contributed by atoms with E-state index in [1.165, 1.54) is 6.07 Å². The first-order valence-corrected chi connectivity index (χ1v) is 8.02. The molecule has 108 valence electrons. The van der Waals surface area contributed by atoms with E-state index in [1.54, 1.807) is 12.1 Å². The fourth-order valence-corrected chi connectivity index (χ4v) is 3.08. The molecular weight excluding hydrogens is 286 g/mol. The zero-order valence-corrected chi connectivity index (χ0v) is 13.0. The Bertz CT molecular complexity index is 515. The van der Waals surface area contributed by atoms with Gasteiger partial charge in [0, 0.05) is 13.2 Å². The minimum Gasteiger partial charge on any atom is -0.380 e. The summed E-state index contributed by atoms with van der Waals surface area (Å²) in [5.41, 5.74) is 0.921. The highest BCUT2D eigenvalue weighted by atomic mass is 35.5. The Kier molecular flexibility index (Phi) is 6.26. The SMILES string of the molecule is Cc1ccc(S(=O)(=O)NCCOCC(C)C)c(Cl)c1. The quantitative estimate of drug-likeness (QED) is 0.788. The predicted octanol–water partition coefficient (Wildman–Crippen LogP) is 2.60. The molecule has 19 heavy (non-hydrogen) atoms. The molecule has 0 fully saturated rings. The molecule has 0 bridgehead atoms. The van der Waals surface area contributed by atoms with Crippen LogP contribution in [0, 0.1) is 12.8 Å². The third-order valence-electron chi connectivity index (χ3n) is 2.37. The third kappa shape index (κ3) is 5.48.